The third-order valence-corrected chi connectivity index (χ3v) is 6.57. The van der Waals surface area contributed by atoms with Crippen LogP contribution >= 0.6 is 0 Å². The highest BCUT2D eigenvalue weighted by molar-refractivity contribution is 5.83. The lowest BCUT2D eigenvalue weighted by Crippen LogP contribution is -2.61. The summed E-state index contributed by atoms with van der Waals surface area (Å²) >= 11 is 0. The summed E-state index contributed by atoms with van der Waals surface area (Å²) in [6.07, 6.45) is 2.63. The zero-order valence-electron chi connectivity index (χ0n) is 17.1. The maximum absolute atomic E-state index is 13.1. The highest BCUT2D eigenvalue weighted by atomic mass is 16.6. The van der Waals surface area contributed by atoms with E-state index < -0.39 is 0 Å². The number of rotatable bonds is 4. The number of nitro groups is 1. The molecule has 7 nitrogen and oxygen atoms in total. The van der Waals surface area contributed by atoms with E-state index in [2.05, 4.69) is 46.3 Å². The minimum atomic E-state index is -0.360. The fourth-order valence-corrected chi connectivity index (χ4v) is 4.75. The SMILES string of the molecule is Cc1ccc(N2CCN3c4ccc([N+](=O)[O-])cc4C[C@H](C(=O)NC4CC4)[C@@H]3C2)cc1. The van der Waals surface area contributed by atoms with Crippen LogP contribution in [0.5, 0.6) is 0 Å². The Kier molecular flexibility index (Phi) is 4.60. The molecule has 2 atom stereocenters. The van der Waals surface area contributed by atoms with Gasteiger partial charge in [0.2, 0.25) is 5.91 Å². The largest absolute Gasteiger partial charge is 0.368 e. The average Bonchev–Trinajstić information content (AvgIpc) is 3.56. The normalized spacial score (nSPS) is 22.8. The number of fused-ring (bicyclic) bond motifs is 3. The smallest absolute Gasteiger partial charge is 0.269 e. The van der Waals surface area contributed by atoms with Gasteiger partial charge in [0, 0.05) is 49.2 Å². The number of piperazine rings is 1. The number of aryl methyl sites for hydroxylation is 1. The van der Waals surface area contributed by atoms with Crippen molar-refractivity contribution in [2.24, 2.45) is 5.92 Å². The van der Waals surface area contributed by atoms with Gasteiger partial charge in [-0.15, -0.1) is 0 Å². The van der Waals surface area contributed by atoms with E-state index in [9.17, 15) is 14.9 Å². The number of amides is 1. The van der Waals surface area contributed by atoms with Crippen LogP contribution in [0.4, 0.5) is 17.1 Å². The summed E-state index contributed by atoms with van der Waals surface area (Å²) in [5.74, 6) is -0.135. The minimum Gasteiger partial charge on any atom is -0.368 e. The van der Waals surface area contributed by atoms with Crippen LogP contribution in [0.3, 0.4) is 0 Å². The summed E-state index contributed by atoms with van der Waals surface area (Å²) in [6.45, 7) is 4.49. The van der Waals surface area contributed by atoms with Gasteiger partial charge < -0.3 is 15.1 Å². The number of nitro benzene ring substituents is 1. The van der Waals surface area contributed by atoms with Crippen LogP contribution in [-0.2, 0) is 11.2 Å². The molecule has 2 fully saturated rings. The van der Waals surface area contributed by atoms with E-state index in [1.165, 1.54) is 11.3 Å². The Morgan fingerprint density at radius 1 is 1.13 bits per heavy atom. The van der Waals surface area contributed by atoms with E-state index >= 15 is 0 Å². The van der Waals surface area contributed by atoms with Gasteiger partial charge in [0.25, 0.3) is 5.69 Å². The van der Waals surface area contributed by atoms with E-state index in [1.54, 1.807) is 12.1 Å². The van der Waals surface area contributed by atoms with Gasteiger partial charge in [-0.2, -0.15) is 0 Å². The predicted molar refractivity (Wildman–Crippen MR) is 116 cm³/mol. The zero-order valence-corrected chi connectivity index (χ0v) is 17.1. The van der Waals surface area contributed by atoms with E-state index in [0.717, 1.165) is 43.7 Å². The van der Waals surface area contributed by atoms with Crippen LogP contribution < -0.4 is 15.1 Å². The number of non-ortho nitro benzene ring substituents is 1. The fraction of sp³-hybridized carbons (Fsp3) is 0.435. The van der Waals surface area contributed by atoms with Gasteiger partial charge in [0.05, 0.1) is 16.9 Å². The first-order chi connectivity index (χ1) is 14.5. The number of carbonyl (C=O) groups excluding carboxylic acids is 1. The number of anilines is 2. The number of carbonyl (C=O) groups is 1. The summed E-state index contributed by atoms with van der Waals surface area (Å²) < 4.78 is 0. The van der Waals surface area contributed by atoms with Crippen molar-refractivity contribution in [3.8, 4) is 0 Å². The molecule has 0 spiro atoms. The number of nitrogens with zero attached hydrogens (tertiary/aromatic N) is 3. The molecular formula is C23H26N4O3. The van der Waals surface area contributed by atoms with Crippen LogP contribution in [-0.4, -0.2) is 42.5 Å². The number of hydrogen-bond donors (Lipinski definition) is 1. The molecule has 0 radical (unpaired) electrons. The molecule has 2 aromatic carbocycles. The van der Waals surface area contributed by atoms with E-state index in [1.807, 2.05) is 6.07 Å². The molecule has 2 heterocycles. The van der Waals surface area contributed by atoms with Crippen molar-refractivity contribution in [2.75, 3.05) is 29.4 Å². The molecular weight excluding hydrogens is 380 g/mol. The van der Waals surface area contributed by atoms with Crippen molar-refractivity contribution < 1.29 is 9.72 Å². The summed E-state index contributed by atoms with van der Waals surface area (Å²) in [6, 6.07) is 14.0. The fourth-order valence-electron chi connectivity index (χ4n) is 4.75. The Labute approximate surface area is 175 Å². The van der Waals surface area contributed by atoms with Crippen molar-refractivity contribution in [1.82, 2.24) is 5.32 Å². The minimum absolute atomic E-state index is 0.0489. The van der Waals surface area contributed by atoms with Gasteiger partial charge in [-0.25, -0.2) is 0 Å². The lowest BCUT2D eigenvalue weighted by atomic mass is 9.83. The monoisotopic (exact) mass is 406 g/mol. The number of benzene rings is 2. The maximum Gasteiger partial charge on any atom is 0.269 e. The zero-order chi connectivity index (χ0) is 20.8. The highest BCUT2D eigenvalue weighted by Crippen LogP contribution is 2.39. The third kappa shape index (κ3) is 3.49. The van der Waals surface area contributed by atoms with Crippen LogP contribution in [0.1, 0.15) is 24.0 Å². The lowest BCUT2D eigenvalue weighted by Gasteiger charge is -2.49. The second-order valence-electron chi connectivity index (χ2n) is 8.71. The average molecular weight is 406 g/mol. The Bertz CT molecular complexity index is 986. The second kappa shape index (κ2) is 7.31. The Hall–Kier alpha value is -3.09. The summed E-state index contributed by atoms with van der Waals surface area (Å²) in [5, 5.41) is 14.4. The molecule has 1 N–H and O–H groups in total. The van der Waals surface area contributed by atoms with Crippen LogP contribution in [0.15, 0.2) is 42.5 Å². The molecule has 2 aromatic rings. The molecule has 0 unspecified atom stereocenters. The Morgan fingerprint density at radius 2 is 1.90 bits per heavy atom. The lowest BCUT2D eigenvalue weighted by molar-refractivity contribution is -0.384. The van der Waals surface area contributed by atoms with Crippen molar-refractivity contribution in [3.05, 3.63) is 63.7 Å². The quantitative estimate of drug-likeness (QED) is 0.624. The van der Waals surface area contributed by atoms with Gasteiger partial charge in [0.15, 0.2) is 0 Å². The summed E-state index contributed by atoms with van der Waals surface area (Å²) in [4.78, 5) is 28.7. The van der Waals surface area contributed by atoms with Gasteiger partial charge in [0.1, 0.15) is 0 Å². The first-order valence-corrected chi connectivity index (χ1v) is 10.7. The van der Waals surface area contributed by atoms with E-state index in [4.69, 9.17) is 0 Å². The molecule has 1 saturated carbocycles. The Morgan fingerprint density at radius 3 is 2.60 bits per heavy atom. The number of hydrogen-bond acceptors (Lipinski definition) is 5. The maximum atomic E-state index is 13.1. The van der Waals surface area contributed by atoms with Gasteiger partial charge in [-0.05, 0) is 49.9 Å². The van der Waals surface area contributed by atoms with Gasteiger partial charge in [-0.3, -0.25) is 14.9 Å². The predicted octanol–water partition coefficient (Wildman–Crippen LogP) is 3.05. The van der Waals surface area contributed by atoms with E-state index in [0.29, 0.717) is 12.5 Å². The van der Waals surface area contributed by atoms with Crippen molar-refractivity contribution in [3.63, 3.8) is 0 Å². The molecule has 7 heteroatoms. The molecule has 0 bridgehead atoms. The Balaban J connectivity index is 1.47. The number of nitrogens with one attached hydrogen (secondary N) is 1. The molecule has 30 heavy (non-hydrogen) atoms. The molecule has 3 aliphatic rings. The van der Waals surface area contributed by atoms with Crippen LogP contribution in [0.25, 0.3) is 0 Å². The standard InChI is InChI=1S/C23H26N4O3/c1-15-2-6-18(7-3-15)25-10-11-26-21-9-8-19(27(29)30)12-16(21)13-20(22(26)14-25)23(28)24-17-4-5-17/h2-3,6-9,12,17,20,22H,4-5,10-11,13-14H2,1H3,(H,24,28)/t20-,22-/m0/s1. The first-order valence-electron chi connectivity index (χ1n) is 10.7. The molecule has 156 valence electrons. The molecule has 1 saturated heterocycles. The topological polar surface area (TPSA) is 78.7 Å². The van der Waals surface area contributed by atoms with Gasteiger partial charge in [-0.1, -0.05) is 17.7 Å². The van der Waals surface area contributed by atoms with Crippen molar-refractivity contribution in [1.29, 1.82) is 0 Å². The molecule has 2 aliphatic heterocycles. The van der Waals surface area contributed by atoms with Crippen LogP contribution in [0, 0.1) is 23.0 Å². The third-order valence-electron chi connectivity index (χ3n) is 6.57. The van der Waals surface area contributed by atoms with Gasteiger partial charge >= 0.3 is 0 Å². The van der Waals surface area contributed by atoms with Crippen molar-refractivity contribution in [2.45, 2.75) is 38.3 Å². The van der Waals surface area contributed by atoms with Crippen LogP contribution in [0.2, 0.25) is 0 Å². The first kappa shape index (κ1) is 18.9. The summed E-state index contributed by atoms with van der Waals surface area (Å²) in [7, 11) is 0. The molecule has 1 aliphatic carbocycles. The molecule has 1 amide bonds. The highest BCUT2D eigenvalue weighted by Gasteiger charge is 2.43. The second-order valence-corrected chi connectivity index (χ2v) is 8.71. The van der Waals surface area contributed by atoms with E-state index in [-0.39, 0.29) is 28.5 Å². The summed E-state index contributed by atoms with van der Waals surface area (Å²) in [5.41, 5.74) is 4.43. The molecule has 5 rings (SSSR count). The van der Waals surface area contributed by atoms with Crippen molar-refractivity contribution >= 4 is 23.0 Å². The molecule has 0 aromatic heterocycles.